The molecule has 15 heteroatoms. The Bertz CT molecular complexity index is 1910. The number of nitrogens with one attached hydrogen (secondary N) is 1. The molecular weight excluding hydrogens is 601 g/mol. The Labute approximate surface area is 250 Å². The largest absolute Gasteiger partial charge is 0.480 e. The molecule has 2 aromatic heterocycles. The molecule has 1 aliphatic heterocycles. The quantitative estimate of drug-likeness (QED) is 0.289. The van der Waals surface area contributed by atoms with E-state index in [-0.39, 0.29) is 24.7 Å². The van der Waals surface area contributed by atoms with E-state index in [2.05, 4.69) is 19.7 Å². The first kappa shape index (κ1) is 30.4. The first-order chi connectivity index (χ1) is 21.0. The molecule has 0 saturated carbocycles. The monoisotopic (exact) mass is 626 g/mol. The average Bonchev–Trinajstić information content (AvgIpc) is 2.99. The highest BCUT2D eigenvalue weighted by Gasteiger charge is 2.26. The van der Waals surface area contributed by atoms with Crippen LogP contribution in [0.15, 0.2) is 71.8 Å². The van der Waals surface area contributed by atoms with E-state index in [4.69, 9.17) is 4.74 Å². The van der Waals surface area contributed by atoms with E-state index in [9.17, 15) is 31.2 Å². The number of carbonyl (C=O) groups excluding carboxylic acids is 2. The van der Waals surface area contributed by atoms with E-state index in [0.717, 1.165) is 19.1 Å². The topological polar surface area (TPSA) is 135 Å². The molecule has 0 atom stereocenters. The Morgan fingerprint density at radius 1 is 0.977 bits per heavy atom. The number of carbonyl (C=O) groups is 2. The minimum absolute atomic E-state index is 0.0772. The van der Waals surface area contributed by atoms with Gasteiger partial charge in [-0.15, -0.1) is 0 Å². The fourth-order valence-corrected chi connectivity index (χ4v) is 5.83. The minimum atomic E-state index is -4.48. The second-order valence-electron chi connectivity index (χ2n) is 9.77. The smallest absolute Gasteiger partial charge is 0.282 e. The van der Waals surface area contributed by atoms with E-state index in [0.29, 0.717) is 53.1 Å². The Kier molecular flexibility index (Phi) is 8.49. The number of hydrogen-bond acceptors (Lipinski definition) is 9. The van der Waals surface area contributed by atoms with Crippen molar-refractivity contribution >= 4 is 44.1 Å². The highest BCUT2D eigenvalue weighted by atomic mass is 32.2. The van der Waals surface area contributed by atoms with Crippen LogP contribution < -0.4 is 14.4 Å². The van der Waals surface area contributed by atoms with Crippen molar-refractivity contribution in [1.82, 2.24) is 19.9 Å². The van der Waals surface area contributed by atoms with Gasteiger partial charge in [-0.3, -0.25) is 14.3 Å². The summed E-state index contributed by atoms with van der Waals surface area (Å²) < 4.78 is 75.1. The molecule has 44 heavy (non-hydrogen) atoms. The molecule has 3 heterocycles. The molecule has 1 aliphatic rings. The number of nitrogens with zero attached hydrogens (tertiary/aromatic N) is 5. The number of benzene rings is 2. The highest BCUT2D eigenvalue weighted by molar-refractivity contribution is 7.92. The van der Waals surface area contributed by atoms with Crippen LogP contribution in [0.5, 0.6) is 5.88 Å². The van der Waals surface area contributed by atoms with Gasteiger partial charge in [0.05, 0.1) is 12.6 Å². The summed E-state index contributed by atoms with van der Waals surface area (Å²) in [6.07, 6.45) is 3.54. The van der Waals surface area contributed by atoms with Crippen LogP contribution in [0.4, 0.5) is 24.7 Å². The van der Waals surface area contributed by atoms with Crippen molar-refractivity contribution in [1.29, 1.82) is 0 Å². The standard InChI is InChI=1S/C29H25F3N6O5S/c1-17(39)11-23(32)29(40)38-9-7-37(8-10-38)27-21-12-18(3-5-24(21)34-16-35-27)19-13-25(28(43-2)33-15-19)36-44(41,42)26-6-4-20(30)14-22(26)31/h3-6,11-16,36H,7-10H2,1-2H3/b23-11-. The average molecular weight is 627 g/mol. The predicted molar refractivity (Wildman–Crippen MR) is 155 cm³/mol. The fraction of sp³-hybridized carbons (Fsp3) is 0.207. The van der Waals surface area contributed by atoms with Gasteiger partial charge in [0.25, 0.3) is 15.9 Å². The van der Waals surface area contributed by atoms with Gasteiger partial charge in [-0.2, -0.15) is 0 Å². The lowest BCUT2D eigenvalue weighted by Crippen LogP contribution is -2.49. The summed E-state index contributed by atoms with van der Waals surface area (Å²) in [7, 11) is -3.19. The lowest BCUT2D eigenvalue weighted by Gasteiger charge is -2.35. The molecule has 0 radical (unpaired) electrons. The SMILES string of the molecule is COc1ncc(-c2ccc3ncnc(N4CCN(C(=O)/C(F)=C/C(C)=O)CC4)c3c2)cc1NS(=O)(=O)c1ccc(F)cc1F. The van der Waals surface area contributed by atoms with Crippen molar-refractivity contribution in [3.05, 3.63) is 78.5 Å². The van der Waals surface area contributed by atoms with Crippen LogP contribution in [0.2, 0.25) is 0 Å². The number of sulfonamides is 1. The number of rotatable bonds is 8. The zero-order valence-electron chi connectivity index (χ0n) is 23.4. The van der Waals surface area contributed by atoms with Crippen molar-refractivity contribution in [3.8, 4) is 17.0 Å². The number of anilines is 2. The van der Waals surface area contributed by atoms with Gasteiger partial charge in [0.1, 0.15) is 34.4 Å². The van der Waals surface area contributed by atoms with Gasteiger partial charge in [-0.05, 0) is 42.8 Å². The van der Waals surface area contributed by atoms with E-state index >= 15 is 0 Å². The summed E-state index contributed by atoms with van der Waals surface area (Å²) in [6.45, 7) is 2.24. The number of piperazine rings is 1. The maximum Gasteiger partial charge on any atom is 0.282 e. The number of aromatic nitrogens is 3. The minimum Gasteiger partial charge on any atom is -0.480 e. The second kappa shape index (κ2) is 12.3. The van der Waals surface area contributed by atoms with Crippen LogP contribution >= 0.6 is 0 Å². The maximum atomic E-state index is 14.3. The maximum absolute atomic E-state index is 14.3. The Balaban J connectivity index is 1.43. The van der Waals surface area contributed by atoms with Gasteiger partial charge in [0, 0.05) is 55.5 Å². The molecule has 0 aliphatic carbocycles. The molecule has 1 saturated heterocycles. The number of ether oxygens (including phenoxy) is 1. The van der Waals surface area contributed by atoms with Crippen LogP contribution in [0.1, 0.15) is 6.92 Å². The second-order valence-corrected chi connectivity index (χ2v) is 11.4. The van der Waals surface area contributed by atoms with Gasteiger partial charge in [0.2, 0.25) is 5.88 Å². The molecule has 11 nitrogen and oxygen atoms in total. The Morgan fingerprint density at radius 2 is 1.73 bits per heavy atom. The normalized spacial score (nSPS) is 14.1. The Hall–Kier alpha value is -5.05. The third kappa shape index (κ3) is 6.32. The number of allylic oxidation sites excluding steroid dienone is 1. The van der Waals surface area contributed by atoms with E-state index in [1.54, 1.807) is 18.2 Å². The van der Waals surface area contributed by atoms with Gasteiger partial charge in [0.15, 0.2) is 11.6 Å². The van der Waals surface area contributed by atoms with Crippen molar-refractivity contribution in [2.75, 3.05) is 42.9 Å². The van der Waals surface area contributed by atoms with Crippen molar-refractivity contribution in [2.45, 2.75) is 11.8 Å². The van der Waals surface area contributed by atoms with Crippen LogP contribution in [-0.4, -0.2) is 73.2 Å². The highest BCUT2D eigenvalue weighted by Crippen LogP contribution is 2.33. The summed E-state index contributed by atoms with van der Waals surface area (Å²) in [6, 6.07) is 8.87. The number of ketones is 1. The first-order valence-corrected chi connectivity index (χ1v) is 14.6. The van der Waals surface area contributed by atoms with Gasteiger partial charge in [-0.1, -0.05) is 6.07 Å². The molecule has 1 N–H and O–H groups in total. The molecule has 0 unspecified atom stereocenters. The van der Waals surface area contributed by atoms with Gasteiger partial charge in [-0.25, -0.2) is 36.5 Å². The summed E-state index contributed by atoms with van der Waals surface area (Å²) in [4.78, 5) is 39.0. The summed E-state index contributed by atoms with van der Waals surface area (Å²) in [5.41, 5.74) is 1.62. The molecular formula is C29H25F3N6O5S. The predicted octanol–water partition coefficient (Wildman–Crippen LogP) is 3.87. The molecule has 4 aromatic rings. The zero-order valence-corrected chi connectivity index (χ0v) is 24.2. The van der Waals surface area contributed by atoms with E-state index in [1.807, 2.05) is 4.90 Å². The van der Waals surface area contributed by atoms with Crippen LogP contribution in [0.25, 0.3) is 22.0 Å². The number of hydrogen-bond donors (Lipinski definition) is 1. The molecule has 1 fully saturated rings. The van der Waals surface area contributed by atoms with Crippen molar-refractivity contribution in [3.63, 3.8) is 0 Å². The zero-order chi connectivity index (χ0) is 31.6. The number of pyridine rings is 1. The van der Waals surface area contributed by atoms with Gasteiger partial charge >= 0.3 is 0 Å². The van der Waals surface area contributed by atoms with Crippen LogP contribution in [-0.2, 0) is 19.6 Å². The summed E-state index contributed by atoms with van der Waals surface area (Å²) in [5.74, 6) is -4.21. The Morgan fingerprint density at radius 3 is 2.41 bits per heavy atom. The lowest BCUT2D eigenvalue weighted by molar-refractivity contribution is -0.129. The van der Waals surface area contributed by atoms with Gasteiger partial charge < -0.3 is 14.5 Å². The molecule has 1 amide bonds. The number of amides is 1. The molecule has 228 valence electrons. The van der Waals surface area contributed by atoms with Crippen molar-refractivity contribution in [2.24, 2.45) is 0 Å². The van der Waals surface area contributed by atoms with E-state index in [1.165, 1.54) is 30.6 Å². The number of halogens is 3. The number of methoxy groups -OCH3 is 1. The molecule has 5 rings (SSSR count). The molecule has 0 bridgehead atoms. The summed E-state index contributed by atoms with van der Waals surface area (Å²) >= 11 is 0. The van der Waals surface area contributed by atoms with E-state index < -0.39 is 44.1 Å². The lowest BCUT2D eigenvalue weighted by atomic mass is 10.0. The molecule has 0 spiro atoms. The third-order valence-electron chi connectivity index (χ3n) is 6.82. The first-order valence-electron chi connectivity index (χ1n) is 13.2. The third-order valence-corrected chi connectivity index (χ3v) is 8.22. The number of fused-ring (bicyclic) bond motifs is 1. The fourth-order valence-electron chi connectivity index (χ4n) is 4.73. The molecule has 2 aromatic carbocycles. The van der Waals surface area contributed by atoms with Crippen LogP contribution in [0.3, 0.4) is 0 Å². The van der Waals surface area contributed by atoms with Crippen molar-refractivity contribution < 1.29 is 35.9 Å². The summed E-state index contributed by atoms with van der Waals surface area (Å²) in [5, 5.41) is 0.652. The van der Waals surface area contributed by atoms with Crippen LogP contribution in [0, 0.1) is 11.6 Å².